The first kappa shape index (κ1) is 9.26. The minimum atomic E-state index is -0.316. The highest BCUT2D eigenvalue weighted by Gasteiger charge is 2.10. The molecule has 12 heavy (non-hydrogen) atoms. The molecule has 1 aliphatic rings. The summed E-state index contributed by atoms with van der Waals surface area (Å²) in [6.07, 6.45) is 6.62. The lowest BCUT2D eigenvalue weighted by molar-refractivity contribution is -0.134. The van der Waals surface area contributed by atoms with Crippen molar-refractivity contribution in [3.05, 3.63) is 12.2 Å². The summed E-state index contributed by atoms with van der Waals surface area (Å²) in [5.41, 5.74) is 0. The maximum Gasteiger partial charge on any atom is 0.330 e. The van der Waals surface area contributed by atoms with Crippen LogP contribution in [0.3, 0.4) is 0 Å². The van der Waals surface area contributed by atoms with Crippen molar-refractivity contribution in [1.29, 1.82) is 0 Å². The Morgan fingerprint density at radius 3 is 3.00 bits per heavy atom. The molecule has 1 rings (SSSR count). The summed E-state index contributed by atoms with van der Waals surface area (Å²) in [4.78, 5) is 10.7. The summed E-state index contributed by atoms with van der Waals surface area (Å²) < 4.78 is 9.84. The van der Waals surface area contributed by atoms with Crippen LogP contribution in [0.2, 0.25) is 0 Å². The fraction of sp³-hybridized carbons (Fsp3) is 0.667. The zero-order valence-electron chi connectivity index (χ0n) is 7.29. The third-order valence-electron chi connectivity index (χ3n) is 1.86. The minimum Gasteiger partial charge on any atom is -0.466 e. The quantitative estimate of drug-likeness (QED) is 0.462. The van der Waals surface area contributed by atoms with E-state index in [1.165, 1.54) is 19.6 Å². The number of esters is 1. The summed E-state index contributed by atoms with van der Waals surface area (Å²) >= 11 is 0. The number of ether oxygens (including phenoxy) is 2. The first-order chi connectivity index (χ1) is 5.83. The Kier molecular flexibility index (Phi) is 3.80. The van der Waals surface area contributed by atoms with Crippen molar-refractivity contribution in [3.8, 4) is 0 Å². The largest absolute Gasteiger partial charge is 0.466 e. The van der Waals surface area contributed by atoms with E-state index in [1.807, 2.05) is 0 Å². The Labute approximate surface area is 72.4 Å². The lowest BCUT2D eigenvalue weighted by atomic mass is 10.1. The normalized spacial score (nSPS) is 24.2. The molecule has 0 aromatic carbocycles. The predicted octanol–water partition coefficient (Wildman–Crippen LogP) is 1.28. The van der Waals surface area contributed by atoms with Crippen molar-refractivity contribution in [2.75, 3.05) is 13.7 Å². The molecular formula is C9H14O3. The van der Waals surface area contributed by atoms with Gasteiger partial charge in [-0.25, -0.2) is 4.79 Å². The summed E-state index contributed by atoms with van der Waals surface area (Å²) in [5, 5.41) is 0. The molecule has 0 aliphatic carbocycles. The lowest BCUT2D eigenvalue weighted by Crippen LogP contribution is -2.16. The van der Waals surface area contributed by atoms with Gasteiger partial charge in [0, 0.05) is 12.7 Å². The second-order valence-corrected chi connectivity index (χ2v) is 2.79. The Morgan fingerprint density at radius 1 is 1.58 bits per heavy atom. The monoisotopic (exact) mass is 170 g/mol. The van der Waals surface area contributed by atoms with Crippen molar-refractivity contribution in [1.82, 2.24) is 0 Å². The molecule has 0 unspecified atom stereocenters. The van der Waals surface area contributed by atoms with E-state index in [0.717, 1.165) is 19.4 Å². The molecule has 1 fully saturated rings. The van der Waals surface area contributed by atoms with Crippen LogP contribution in [-0.4, -0.2) is 25.8 Å². The number of methoxy groups -OCH3 is 1. The van der Waals surface area contributed by atoms with Gasteiger partial charge < -0.3 is 9.47 Å². The van der Waals surface area contributed by atoms with E-state index in [-0.39, 0.29) is 12.1 Å². The first-order valence-corrected chi connectivity index (χ1v) is 4.20. The van der Waals surface area contributed by atoms with Crippen molar-refractivity contribution in [3.63, 3.8) is 0 Å². The van der Waals surface area contributed by atoms with Crippen LogP contribution >= 0.6 is 0 Å². The van der Waals surface area contributed by atoms with Crippen LogP contribution in [0.4, 0.5) is 0 Å². The molecule has 0 spiro atoms. The highest BCUT2D eigenvalue weighted by atomic mass is 16.5. The standard InChI is InChI=1S/C9H14O3/c1-11-9(10)6-5-8-4-2-3-7-12-8/h5-6,8H,2-4,7H2,1H3/b6-5+/t8-/m1/s1. The minimum absolute atomic E-state index is 0.109. The molecule has 0 amide bonds. The van der Waals surface area contributed by atoms with Crippen LogP contribution in [0.5, 0.6) is 0 Å². The topological polar surface area (TPSA) is 35.5 Å². The van der Waals surface area contributed by atoms with E-state index in [4.69, 9.17) is 4.74 Å². The third kappa shape index (κ3) is 3.05. The molecule has 3 nitrogen and oxygen atoms in total. The van der Waals surface area contributed by atoms with Gasteiger partial charge in [0.25, 0.3) is 0 Å². The van der Waals surface area contributed by atoms with Crippen LogP contribution in [0, 0.1) is 0 Å². The highest BCUT2D eigenvalue weighted by Crippen LogP contribution is 2.13. The number of carbonyl (C=O) groups excluding carboxylic acids is 1. The van der Waals surface area contributed by atoms with Gasteiger partial charge in [-0.1, -0.05) is 0 Å². The molecule has 0 saturated carbocycles. The second kappa shape index (κ2) is 4.93. The Hall–Kier alpha value is -0.830. The highest BCUT2D eigenvalue weighted by molar-refractivity contribution is 5.81. The molecule has 0 bridgehead atoms. The predicted molar refractivity (Wildman–Crippen MR) is 44.7 cm³/mol. The zero-order valence-corrected chi connectivity index (χ0v) is 7.29. The second-order valence-electron chi connectivity index (χ2n) is 2.79. The number of hydrogen-bond donors (Lipinski definition) is 0. The lowest BCUT2D eigenvalue weighted by Gasteiger charge is -2.18. The van der Waals surface area contributed by atoms with E-state index in [0.29, 0.717) is 0 Å². The molecule has 0 aromatic heterocycles. The fourth-order valence-corrected chi connectivity index (χ4v) is 1.17. The van der Waals surface area contributed by atoms with Crippen molar-refractivity contribution in [2.45, 2.75) is 25.4 Å². The van der Waals surface area contributed by atoms with E-state index in [2.05, 4.69) is 4.74 Å². The van der Waals surface area contributed by atoms with Crippen LogP contribution in [-0.2, 0) is 14.3 Å². The maximum absolute atomic E-state index is 10.7. The van der Waals surface area contributed by atoms with E-state index in [1.54, 1.807) is 6.08 Å². The Bertz CT molecular complexity index is 169. The smallest absolute Gasteiger partial charge is 0.330 e. The third-order valence-corrected chi connectivity index (χ3v) is 1.86. The number of carbonyl (C=O) groups is 1. The van der Waals surface area contributed by atoms with Crippen LogP contribution in [0.15, 0.2) is 12.2 Å². The first-order valence-electron chi connectivity index (χ1n) is 4.20. The van der Waals surface area contributed by atoms with Gasteiger partial charge in [-0.15, -0.1) is 0 Å². The molecule has 1 heterocycles. The van der Waals surface area contributed by atoms with Crippen molar-refractivity contribution < 1.29 is 14.3 Å². The van der Waals surface area contributed by atoms with Gasteiger partial charge in [-0.2, -0.15) is 0 Å². The summed E-state index contributed by atoms with van der Waals surface area (Å²) in [6, 6.07) is 0. The molecule has 68 valence electrons. The van der Waals surface area contributed by atoms with Gasteiger partial charge in [-0.05, 0) is 25.3 Å². The van der Waals surface area contributed by atoms with Crippen LogP contribution < -0.4 is 0 Å². The molecule has 1 saturated heterocycles. The molecular weight excluding hydrogens is 156 g/mol. The Morgan fingerprint density at radius 2 is 2.42 bits per heavy atom. The van der Waals surface area contributed by atoms with Gasteiger partial charge in [0.05, 0.1) is 13.2 Å². The summed E-state index contributed by atoms with van der Waals surface area (Å²) in [6.45, 7) is 0.802. The average Bonchev–Trinajstić information content (AvgIpc) is 2.16. The van der Waals surface area contributed by atoms with E-state index < -0.39 is 0 Å². The number of hydrogen-bond acceptors (Lipinski definition) is 3. The van der Waals surface area contributed by atoms with Gasteiger partial charge in [-0.3, -0.25) is 0 Å². The SMILES string of the molecule is COC(=O)/C=C/[C@H]1CCCCO1. The summed E-state index contributed by atoms with van der Waals surface area (Å²) in [7, 11) is 1.37. The summed E-state index contributed by atoms with van der Waals surface area (Å²) in [5.74, 6) is -0.316. The van der Waals surface area contributed by atoms with Gasteiger partial charge in [0.2, 0.25) is 0 Å². The zero-order chi connectivity index (χ0) is 8.81. The molecule has 3 heteroatoms. The van der Waals surface area contributed by atoms with Crippen molar-refractivity contribution in [2.24, 2.45) is 0 Å². The molecule has 1 aliphatic heterocycles. The molecule has 0 radical (unpaired) electrons. The van der Waals surface area contributed by atoms with E-state index >= 15 is 0 Å². The maximum atomic E-state index is 10.7. The van der Waals surface area contributed by atoms with Crippen LogP contribution in [0.1, 0.15) is 19.3 Å². The number of rotatable bonds is 2. The fourth-order valence-electron chi connectivity index (χ4n) is 1.17. The molecule has 0 aromatic rings. The van der Waals surface area contributed by atoms with Gasteiger partial charge >= 0.3 is 5.97 Å². The molecule has 0 N–H and O–H groups in total. The van der Waals surface area contributed by atoms with E-state index in [9.17, 15) is 4.79 Å². The Balaban J connectivity index is 2.28. The van der Waals surface area contributed by atoms with Crippen molar-refractivity contribution >= 4 is 5.97 Å². The molecule has 1 atom stereocenters. The van der Waals surface area contributed by atoms with Gasteiger partial charge in [0.1, 0.15) is 0 Å². The van der Waals surface area contributed by atoms with Crippen LogP contribution in [0.25, 0.3) is 0 Å². The van der Waals surface area contributed by atoms with Gasteiger partial charge in [0.15, 0.2) is 0 Å². The average molecular weight is 170 g/mol.